The lowest BCUT2D eigenvalue weighted by atomic mass is 9.88. The molecule has 0 radical (unpaired) electrons. The van der Waals surface area contributed by atoms with Gasteiger partial charge in [-0.25, -0.2) is 0 Å². The van der Waals surface area contributed by atoms with Gasteiger partial charge in [0.05, 0.1) is 6.54 Å². The largest absolute Gasteiger partial charge is 0.482 e. The van der Waals surface area contributed by atoms with E-state index in [1.54, 1.807) is 4.90 Å². The fourth-order valence-corrected chi connectivity index (χ4v) is 4.48. The minimum atomic E-state index is -0.606. The molecular weight excluding hydrogens is 346 g/mol. The molecule has 1 unspecified atom stereocenters. The van der Waals surface area contributed by atoms with Crippen molar-refractivity contribution < 1.29 is 19.1 Å². The fourth-order valence-electron chi connectivity index (χ4n) is 4.48. The second kappa shape index (κ2) is 5.92. The number of hydrogen-bond acceptors (Lipinski definition) is 5. The first-order valence-electron chi connectivity index (χ1n) is 9.46. The van der Waals surface area contributed by atoms with Crippen molar-refractivity contribution >= 4 is 23.8 Å². The van der Waals surface area contributed by atoms with Crippen molar-refractivity contribution in [3.05, 3.63) is 34.9 Å². The van der Waals surface area contributed by atoms with Crippen LogP contribution in [0.5, 0.6) is 5.75 Å². The highest BCUT2D eigenvalue weighted by Gasteiger charge is 2.42. The number of imide groups is 1. The Morgan fingerprint density at radius 2 is 1.96 bits per heavy atom. The van der Waals surface area contributed by atoms with Crippen LogP contribution >= 0.6 is 0 Å². The molecule has 7 nitrogen and oxygen atoms in total. The molecule has 1 atom stereocenters. The van der Waals surface area contributed by atoms with E-state index in [-0.39, 0.29) is 23.8 Å². The number of ether oxygens (including phenoxy) is 1. The number of amides is 3. The first-order chi connectivity index (χ1) is 13.1. The molecule has 0 aliphatic carbocycles. The Kier molecular flexibility index (Phi) is 3.62. The van der Waals surface area contributed by atoms with Crippen molar-refractivity contribution in [2.24, 2.45) is 0 Å². The van der Waals surface area contributed by atoms with Gasteiger partial charge in [-0.15, -0.1) is 0 Å². The fraction of sp³-hybridized carbons (Fsp3) is 0.450. The van der Waals surface area contributed by atoms with E-state index in [2.05, 4.69) is 22.8 Å². The van der Waals surface area contributed by atoms with E-state index in [1.165, 1.54) is 0 Å². The molecule has 1 spiro atoms. The van der Waals surface area contributed by atoms with Gasteiger partial charge in [0.2, 0.25) is 11.8 Å². The van der Waals surface area contributed by atoms with Crippen LogP contribution in [0.2, 0.25) is 0 Å². The van der Waals surface area contributed by atoms with Crippen LogP contribution in [0, 0.1) is 0 Å². The van der Waals surface area contributed by atoms with Gasteiger partial charge in [-0.05, 0) is 31.7 Å². The molecule has 3 amide bonds. The maximum absolute atomic E-state index is 13.0. The first-order valence-corrected chi connectivity index (χ1v) is 9.46. The second-order valence-electron chi connectivity index (χ2n) is 7.66. The maximum atomic E-state index is 13.0. The van der Waals surface area contributed by atoms with Crippen LogP contribution in [0.25, 0.3) is 6.08 Å². The number of carbonyl (C=O) groups is 3. The maximum Gasteiger partial charge on any atom is 0.255 e. The van der Waals surface area contributed by atoms with Crippen molar-refractivity contribution in [2.45, 2.75) is 43.9 Å². The van der Waals surface area contributed by atoms with Gasteiger partial charge in [0, 0.05) is 36.0 Å². The van der Waals surface area contributed by atoms with Crippen LogP contribution < -0.4 is 15.4 Å². The first kappa shape index (κ1) is 16.5. The van der Waals surface area contributed by atoms with Gasteiger partial charge >= 0.3 is 0 Å². The smallest absolute Gasteiger partial charge is 0.255 e. The molecular formula is C20H21N3O4. The zero-order valence-corrected chi connectivity index (χ0v) is 14.9. The van der Waals surface area contributed by atoms with Crippen molar-refractivity contribution in [2.75, 3.05) is 13.1 Å². The van der Waals surface area contributed by atoms with Crippen LogP contribution in [-0.4, -0.2) is 47.4 Å². The Hall–Kier alpha value is -2.67. The Labute approximate surface area is 156 Å². The number of piperidine rings is 2. The highest BCUT2D eigenvalue weighted by molar-refractivity contribution is 6.06. The lowest BCUT2D eigenvalue weighted by molar-refractivity contribution is -0.136. The lowest BCUT2D eigenvalue weighted by Gasteiger charge is -2.39. The van der Waals surface area contributed by atoms with Crippen molar-refractivity contribution in [3.63, 3.8) is 0 Å². The summed E-state index contributed by atoms with van der Waals surface area (Å²) in [4.78, 5) is 38.2. The van der Waals surface area contributed by atoms with E-state index in [9.17, 15) is 14.4 Å². The quantitative estimate of drug-likeness (QED) is 0.723. The molecule has 7 heteroatoms. The average Bonchev–Trinajstić information content (AvgIpc) is 3.00. The van der Waals surface area contributed by atoms with Gasteiger partial charge in [0.25, 0.3) is 5.91 Å². The molecule has 4 aliphatic heterocycles. The molecule has 1 aromatic carbocycles. The van der Waals surface area contributed by atoms with E-state index in [4.69, 9.17) is 4.74 Å². The molecule has 2 N–H and O–H groups in total. The third-order valence-electron chi connectivity index (χ3n) is 6.02. The summed E-state index contributed by atoms with van der Waals surface area (Å²) in [5.41, 5.74) is 2.09. The van der Waals surface area contributed by atoms with Crippen LogP contribution in [0.15, 0.2) is 18.2 Å². The standard InChI is InChI=1S/C20H21N3O4/c24-16-4-3-15(18(25)22-16)23-11-14-13(19(23)26)2-1-12-5-6-20(27-17(12)14)7-9-21-10-8-20/h1-2,5-6,15,21H,3-4,7-11H2,(H,22,24,25). The van der Waals surface area contributed by atoms with Gasteiger partial charge < -0.3 is 15.0 Å². The van der Waals surface area contributed by atoms with E-state index >= 15 is 0 Å². The highest BCUT2D eigenvalue weighted by atomic mass is 16.5. The summed E-state index contributed by atoms with van der Waals surface area (Å²) in [6, 6.07) is 3.12. The van der Waals surface area contributed by atoms with Gasteiger partial charge in [-0.1, -0.05) is 12.1 Å². The minimum absolute atomic E-state index is 0.167. The van der Waals surface area contributed by atoms with Crippen molar-refractivity contribution in [3.8, 4) is 5.75 Å². The van der Waals surface area contributed by atoms with E-state index in [0.717, 1.165) is 42.8 Å². The van der Waals surface area contributed by atoms with Crippen molar-refractivity contribution in [1.82, 2.24) is 15.5 Å². The summed E-state index contributed by atoms with van der Waals surface area (Å²) in [6.45, 7) is 2.14. The third kappa shape index (κ3) is 2.56. The van der Waals surface area contributed by atoms with E-state index in [0.29, 0.717) is 18.5 Å². The molecule has 27 heavy (non-hydrogen) atoms. The highest BCUT2D eigenvalue weighted by Crippen LogP contribution is 2.42. The van der Waals surface area contributed by atoms with Crippen LogP contribution in [-0.2, 0) is 16.1 Å². The lowest BCUT2D eigenvalue weighted by Crippen LogP contribution is -2.52. The predicted molar refractivity (Wildman–Crippen MR) is 97.0 cm³/mol. The summed E-state index contributed by atoms with van der Waals surface area (Å²) in [7, 11) is 0. The molecule has 1 aromatic rings. The normalized spacial score (nSPS) is 25.9. The number of nitrogens with zero attached hydrogens (tertiary/aromatic N) is 1. The Morgan fingerprint density at radius 3 is 2.74 bits per heavy atom. The van der Waals surface area contributed by atoms with E-state index < -0.39 is 11.9 Å². The molecule has 0 aromatic heterocycles. The molecule has 2 saturated heterocycles. The van der Waals surface area contributed by atoms with Crippen molar-refractivity contribution in [1.29, 1.82) is 0 Å². The number of hydrogen-bond donors (Lipinski definition) is 2. The molecule has 5 rings (SSSR count). The summed E-state index contributed by atoms with van der Waals surface area (Å²) in [5, 5.41) is 5.69. The van der Waals surface area contributed by atoms with Gasteiger partial charge in [-0.2, -0.15) is 0 Å². The topological polar surface area (TPSA) is 87.7 Å². The molecule has 140 valence electrons. The van der Waals surface area contributed by atoms with Gasteiger partial charge in [0.15, 0.2) is 0 Å². The molecule has 4 aliphatic rings. The summed E-state index contributed by atoms with van der Waals surface area (Å²) in [6.07, 6.45) is 6.61. The number of nitrogens with one attached hydrogen (secondary N) is 2. The molecule has 4 heterocycles. The number of rotatable bonds is 1. The van der Waals surface area contributed by atoms with E-state index in [1.807, 2.05) is 12.1 Å². The summed E-state index contributed by atoms with van der Waals surface area (Å²) < 4.78 is 6.47. The molecule has 2 fully saturated rings. The number of fused-ring (bicyclic) bond motifs is 3. The SMILES string of the molecule is O=C1CCC(N2Cc3c(ccc4c3OC3(C=C4)CCNCC3)C2=O)C(=O)N1. The second-order valence-corrected chi connectivity index (χ2v) is 7.66. The molecule has 0 bridgehead atoms. The zero-order chi connectivity index (χ0) is 18.6. The Bertz CT molecular complexity index is 885. The predicted octanol–water partition coefficient (Wildman–Crippen LogP) is 0.975. The molecule has 0 saturated carbocycles. The summed E-state index contributed by atoms with van der Waals surface area (Å²) >= 11 is 0. The van der Waals surface area contributed by atoms with Crippen LogP contribution in [0.1, 0.15) is 47.2 Å². The number of benzene rings is 1. The monoisotopic (exact) mass is 367 g/mol. The summed E-state index contributed by atoms with van der Waals surface area (Å²) in [5.74, 6) is -0.0733. The Balaban J connectivity index is 1.48. The van der Waals surface area contributed by atoms with Gasteiger partial charge in [-0.3, -0.25) is 19.7 Å². The average molecular weight is 367 g/mol. The van der Waals surface area contributed by atoms with Crippen LogP contribution in [0.3, 0.4) is 0 Å². The Morgan fingerprint density at radius 1 is 1.15 bits per heavy atom. The number of carbonyl (C=O) groups excluding carboxylic acids is 3. The van der Waals surface area contributed by atoms with Crippen LogP contribution in [0.4, 0.5) is 0 Å². The zero-order valence-electron chi connectivity index (χ0n) is 14.9. The van der Waals surface area contributed by atoms with Gasteiger partial charge in [0.1, 0.15) is 17.4 Å². The third-order valence-corrected chi connectivity index (χ3v) is 6.02. The minimum Gasteiger partial charge on any atom is -0.482 e.